The second-order valence-corrected chi connectivity index (χ2v) is 12.4. The molecule has 0 spiro atoms. The SMILES string of the molecule is CC(C)(O)CN1CCC(c2ccc(Nc3ncc(CCl)c(NCc4cccc5c4C(C)(C)C(=O)N5)n3)cc2)CC1. The molecule has 4 N–H and O–H groups in total. The summed E-state index contributed by atoms with van der Waals surface area (Å²) in [6.07, 6.45) is 3.92. The number of aliphatic hydroxyl groups is 1. The lowest BCUT2D eigenvalue weighted by Gasteiger charge is -2.35. The van der Waals surface area contributed by atoms with Crippen LogP contribution in [0, 0.1) is 0 Å². The minimum atomic E-state index is -0.657. The van der Waals surface area contributed by atoms with Gasteiger partial charge in [-0.3, -0.25) is 4.79 Å². The highest BCUT2D eigenvalue weighted by Gasteiger charge is 2.39. The van der Waals surface area contributed by atoms with Gasteiger partial charge in [0.05, 0.1) is 16.9 Å². The number of alkyl halides is 1. The van der Waals surface area contributed by atoms with Crippen LogP contribution in [-0.4, -0.2) is 51.1 Å². The summed E-state index contributed by atoms with van der Waals surface area (Å²) in [5, 5.41) is 19.8. The first kappa shape index (κ1) is 28.3. The highest BCUT2D eigenvalue weighted by molar-refractivity contribution is 6.17. The van der Waals surface area contributed by atoms with Gasteiger partial charge in [0, 0.05) is 36.2 Å². The van der Waals surface area contributed by atoms with Crippen LogP contribution in [0.15, 0.2) is 48.7 Å². The molecule has 0 atom stereocenters. The fourth-order valence-corrected chi connectivity index (χ4v) is 6.01. The zero-order valence-electron chi connectivity index (χ0n) is 23.7. The smallest absolute Gasteiger partial charge is 0.234 e. The molecule has 0 bridgehead atoms. The summed E-state index contributed by atoms with van der Waals surface area (Å²) in [6, 6.07) is 14.4. The molecule has 1 amide bonds. The topological polar surface area (TPSA) is 102 Å². The summed E-state index contributed by atoms with van der Waals surface area (Å²) >= 11 is 6.21. The maximum absolute atomic E-state index is 12.5. The summed E-state index contributed by atoms with van der Waals surface area (Å²) in [5.74, 6) is 1.96. The zero-order valence-corrected chi connectivity index (χ0v) is 24.5. The van der Waals surface area contributed by atoms with Crippen molar-refractivity contribution in [2.24, 2.45) is 0 Å². The second kappa shape index (κ2) is 11.4. The molecule has 3 aromatic rings. The van der Waals surface area contributed by atoms with E-state index in [-0.39, 0.29) is 11.8 Å². The van der Waals surface area contributed by atoms with E-state index in [1.807, 2.05) is 45.9 Å². The summed E-state index contributed by atoms with van der Waals surface area (Å²) in [4.78, 5) is 24.0. The maximum Gasteiger partial charge on any atom is 0.234 e. The van der Waals surface area contributed by atoms with Crippen molar-refractivity contribution >= 4 is 40.6 Å². The molecule has 8 nitrogen and oxygen atoms in total. The Morgan fingerprint density at radius 2 is 1.85 bits per heavy atom. The minimum absolute atomic E-state index is 0.00661. The molecular weight excluding hydrogens is 524 g/mol. The van der Waals surface area contributed by atoms with E-state index in [1.165, 1.54) is 5.56 Å². The van der Waals surface area contributed by atoms with Gasteiger partial charge >= 0.3 is 0 Å². The fraction of sp³-hybridized carbons (Fsp3) is 0.452. The molecule has 2 aliphatic heterocycles. The number of carbonyl (C=O) groups excluding carboxylic acids is 1. The summed E-state index contributed by atoms with van der Waals surface area (Å²) in [5.41, 5.74) is 4.71. The van der Waals surface area contributed by atoms with Crippen LogP contribution in [0.25, 0.3) is 0 Å². The van der Waals surface area contributed by atoms with Crippen molar-refractivity contribution in [3.8, 4) is 0 Å². The quantitative estimate of drug-likeness (QED) is 0.246. The van der Waals surface area contributed by atoms with Crippen LogP contribution in [0.4, 0.5) is 23.1 Å². The molecular formula is C31H39ClN6O2. The molecule has 0 saturated carbocycles. The average molecular weight is 563 g/mol. The Labute approximate surface area is 241 Å². The van der Waals surface area contributed by atoms with Crippen LogP contribution < -0.4 is 16.0 Å². The van der Waals surface area contributed by atoms with E-state index in [4.69, 9.17) is 16.6 Å². The van der Waals surface area contributed by atoms with E-state index >= 15 is 0 Å². The highest BCUT2D eigenvalue weighted by atomic mass is 35.5. The molecule has 1 aromatic heterocycles. The third-order valence-electron chi connectivity index (χ3n) is 7.88. The van der Waals surface area contributed by atoms with Gasteiger partial charge < -0.3 is 26.0 Å². The fourth-order valence-electron chi connectivity index (χ4n) is 5.82. The Morgan fingerprint density at radius 3 is 2.52 bits per heavy atom. The molecule has 3 heterocycles. The molecule has 5 rings (SSSR count). The molecule has 0 radical (unpaired) electrons. The minimum Gasteiger partial charge on any atom is -0.389 e. The summed E-state index contributed by atoms with van der Waals surface area (Å²) in [7, 11) is 0. The largest absolute Gasteiger partial charge is 0.389 e. The normalized spacial score (nSPS) is 17.4. The molecule has 2 aliphatic rings. The molecule has 1 saturated heterocycles. The Kier molecular flexibility index (Phi) is 8.04. The number of benzene rings is 2. The number of rotatable bonds is 9. The third kappa shape index (κ3) is 6.24. The Hall–Kier alpha value is -3.20. The lowest BCUT2D eigenvalue weighted by molar-refractivity contribution is -0.119. The number of anilines is 4. The van der Waals surface area contributed by atoms with E-state index in [1.54, 1.807) is 6.20 Å². The number of aromatic nitrogens is 2. The van der Waals surface area contributed by atoms with Gasteiger partial charge in [-0.1, -0.05) is 24.3 Å². The van der Waals surface area contributed by atoms with Crippen molar-refractivity contribution < 1.29 is 9.90 Å². The number of carbonyl (C=O) groups is 1. The van der Waals surface area contributed by atoms with Gasteiger partial charge in [0.2, 0.25) is 11.9 Å². The molecule has 9 heteroatoms. The van der Waals surface area contributed by atoms with E-state index < -0.39 is 11.0 Å². The van der Waals surface area contributed by atoms with Gasteiger partial charge in [-0.05, 0) is 94.4 Å². The lowest BCUT2D eigenvalue weighted by Crippen LogP contribution is -2.42. The molecule has 40 heavy (non-hydrogen) atoms. The van der Waals surface area contributed by atoms with Crippen molar-refractivity contribution in [1.82, 2.24) is 14.9 Å². The number of piperidine rings is 1. The average Bonchev–Trinajstić information content (AvgIpc) is 3.16. The summed E-state index contributed by atoms with van der Waals surface area (Å²) in [6.45, 7) is 10.8. The first-order valence-corrected chi connectivity index (χ1v) is 14.5. The number of hydrogen-bond acceptors (Lipinski definition) is 7. The number of amides is 1. The third-order valence-corrected chi connectivity index (χ3v) is 8.17. The number of nitrogens with zero attached hydrogens (tertiary/aromatic N) is 3. The lowest BCUT2D eigenvalue weighted by atomic mass is 9.83. The van der Waals surface area contributed by atoms with Crippen molar-refractivity contribution in [3.05, 3.63) is 70.9 Å². The van der Waals surface area contributed by atoms with Crippen molar-refractivity contribution in [2.45, 2.75) is 69.9 Å². The molecule has 1 fully saturated rings. The number of halogens is 1. The van der Waals surface area contributed by atoms with Crippen molar-refractivity contribution in [3.63, 3.8) is 0 Å². The maximum atomic E-state index is 12.5. The van der Waals surface area contributed by atoms with Gasteiger partial charge in [-0.2, -0.15) is 4.98 Å². The number of β-amino-alcohol motifs (C(OH)–C–C–N with tert-alkyl or cyclic N) is 1. The summed E-state index contributed by atoms with van der Waals surface area (Å²) < 4.78 is 0. The van der Waals surface area contributed by atoms with E-state index in [0.717, 1.165) is 54.0 Å². The van der Waals surface area contributed by atoms with Crippen LogP contribution in [0.1, 0.15) is 68.7 Å². The first-order valence-electron chi connectivity index (χ1n) is 13.9. The monoisotopic (exact) mass is 562 g/mol. The first-order chi connectivity index (χ1) is 19.0. The molecule has 212 valence electrons. The van der Waals surface area contributed by atoms with Gasteiger partial charge in [-0.25, -0.2) is 4.98 Å². The van der Waals surface area contributed by atoms with E-state index in [2.05, 4.69) is 50.1 Å². The standard InChI is InChI=1S/C31H39ClN6O2/c1-30(2,40)19-38-14-12-21(13-15-38)20-8-10-24(11-9-20)35-29-34-18-23(16-32)27(37-29)33-17-22-6-5-7-25-26(22)31(3,4)28(39)36-25/h5-11,18,21,40H,12-17,19H2,1-4H3,(H,36,39)(H2,33,34,35,37). The number of fused-ring (bicyclic) bond motifs is 1. The molecule has 2 aromatic carbocycles. The Morgan fingerprint density at radius 1 is 1.12 bits per heavy atom. The van der Waals surface area contributed by atoms with E-state index in [0.29, 0.717) is 30.8 Å². The van der Waals surface area contributed by atoms with Crippen molar-refractivity contribution in [1.29, 1.82) is 0 Å². The van der Waals surface area contributed by atoms with Crippen LogP contribution in [0.2, 0.25) is 0 Å². The number of nitrogens with one attached hydrogen (secondary N) is 3. The van der Waals surface area contributed by atoms with E-state index in [9.17, 15) is 9.90 Å². The van der Waals surface area contributed by atoms with Crippen LogP contribution >= 0.6 is 11.6 Å². The number of likely N-dealkylation sites (tertiary alicyclic amines) is 1. The Balaban J connectivity index is 1.24. The predicted molar refractivity (Wildman–Crippen MR) is 161 cm³/mol. The van der Waals surface area contributed by atoms with Gasteiger partial charge in [0.25, 0.3) is 0 Å². The second-order valence-electron chi connectivity index (χ2n) is 12.1. The zero-order chi connectivity index (χ0) is 28.5. The highest BCUT2D eigenvalue weighted by Crippen LogP contribution is 2.40. The molecule has 0 unspecified atom stereocenters. The van der Waals surface area contributed by atoms with Crippen molar-refractivity contribution in [2.75, 3.05) is 35.6 Å². The predicted octanol–water partition coefficient (Wildman–Crippen LogP) is 5.75. The van der Waals surface area contributed by atoms with Gasteiger partial charge in [0.1, 0.15) is 5.82 Å². The van der Waals surface area contributed by atoms with Gasteiger partial charge in [-0.15, -0.1) is 11.6 Å². The number of hydrogen-bond donors (Lipinski definition) is 4. The van der Waals surface area contributed by atoms with Crippen LogP contribution in [-0.2, 0) is 22.6 Å². The van der Waals surface area contributed by atoms with Gasteiger partial charge in [0.15, 0.2) is 0 Å². The van der Waals surface area contributed by atoms with Crippen LogP contribution in [0.3, 0.4) is 0 Å². The Bertz CT molecular complexity index is 1360. The van der Waals surface area contributed by atoms with Crippen LogP contribution in [0.5, 0.6) is 0 Å². The molecule has 0 aliphatic carbocycles.